The first-order chi connectivity index (χ1) is 9.40. The lowest BCUT2D eigenvalue weighted by Crippen LogP contribution is -2.16. The molecule has 2 rings (SSSR count). The van der Waals surface area contributed by atoms with E-state index in [4.69, 9.17) is 10.7 Å². The van der Waals surface area contributed by atoms with Crippen molar-refractivity contribution in [3.05, 3.63) is 51.7 Å². The van der Waals surface area contributed by atoms with Gasteiger partial charge in [-0.3, -0.25) is 0 Å². The molecule has 2 nitrogen and oxygen atoms in total. The van der Waals surface area contributed by atoms with Crippen molar-refractivity contribution in [2.45, 2.75) is 38.5 Å². The van der Waals surface area contributed by atoms with Crippen molar-refractivity contribution in [2.24, 2.45) is 5.73 Å². The quantitative estimate of drug-likeness (QED) is 0.929. The van der Waals surface area contributed by atoms with E-state index in [1.165, 1.54) is 6.07 Å². The molecule has 1 heterocycles. The normalized spacial score (nSPS) is 13.4. The topological polar surface area (TPSA) is 38.9 Å². The minimum atomic E-state index is -0.201. The number of aromatic nitrogens is 1. The van der Waals surface area contributed by atoms with Gasteiger partial charge >= 0.3 is 0 Å². The summed E-state index contributed by atoms with van der Waals surface area (Å²) in [5.74, 6) is -0.0503. The highest BCUT2D eigenvalue weighted by Crippen LogP contribution is 2.29. The molecule has 0 amide bonds. The van der Waals surface area contributed by atoms with Crippen LogP contribution in [0.5, 0.6) is 0 Å². The first-order valence-corrected chi connectivity index (χ1v) is 7.68. The molecule has 0 aliphatic carbocycles. The number of hydrogen-bond acceptors (Lipinski definition) is 3. The van der Waals surface area contributed by atoms with E-state index in [0.29, 0.717) is 6.54 Å². The highest BCUT2D eigenvalue weighted by Gasteiger charge is 2.21. The van der Waals surface area contributed by atoms with Crippen LogP contribution in [0.1, 0.15) is 43.0 Å². The second-order valence-corrected chi connectivity index (χ2v) is 6.98. The third kappa shape index (κ3) is 3.64. The van der Waals surface area contributed by atoms with Gasteiger partial charge in [-0.1, -0.05) is 32.9 Å². The summed E-state index contributed by atoms with van der Waals surface area (Å²) in [6.45, 7) is 6.97. The maximum Gasteiger partial charge on any atom is 0.123 e. The molecule has 1 aromatic heterocycles. The van der Waals surface area contributed by atoms with Crippen molar-refractivity contribution in [2.75, 3.05) is 6.54 Å². The Morgan fingerprint density at radius 1 is 1.35 bits per heavy atom. The molecule has 0 aliphatic rings. The monoisotopic (exact) mass is 292 g/mol. The van der Waals surface area contributed by atoms with Gasteiger partial charge in [0.15, 0.2) is 0 Å². The van der Waals surface area contributed by atoms with Crippen molar-refractivity contribution in [3.8, 4) is 0 Å². The molecule has 1 atom stereocenters. The van der Waals surface area contributed by atoms with E-state index in [0.717, 1.165) is 22.7 Å². The standard InChI is InChI=1S/C16H21FN2S/c1-16(2,3)14-10-20-15(19-14)12(9-18)7-11-5-4-6-13(17)8-11/h4-6,8,10,12H,7,9,18H2,1-3H3. The maximum atomic E-state index is 13.2. The van der Waals surface area contributed by atoms with Crippen molar-refractivity contribution < 1.29 is 4.39 Å². The molecule has 0 bridgehead atoms. The van der Waals surface area contributed by atoms with Gasteiger partial charge in [0.25, 0.3) is 0 Å². The number of nitrogens with two attached hydrogens (primary N) is 1. The van der Waals surface area contributed by atoms with Crippen LogP contribution in [0.2, 0.25) is 0 Å². The van der Waals surface area contributed by atoms with Crippen molar-refractivity contribution >= 4 is 11.3 Å². The summed E-state index contributed by atoms with van der Waals surface area (Å²) in [6.07, 6.45) is 0.728. The van der Waals surface area contributed by atoms with Gasteiger partial charge in [-0.15, -0.1) is 11.3 Å². The van der Waals surface area contributed by atoms with E-state index in [2.05, 4.69) is 26.2 Å². The number of benzene rings is 1. The predicted molar refractivity (Wildman–Crippen MR) is 82.7 cm³/mol. The van der Waals surface area contributed by atoms with Crippen LogP contribution in [0.15, 0.2) is 29.6 Å². The Balaban J connectivity index is 2.18. The SMILES string of the molecule is CC(C)(C)c1csc(C(CN)Cc2cccc(F)c2)n1. The minimum absolute atomic E-state index is 0.0484. The predicted octanol–water partition coefficient (Wildman–Crippen LogP) is 3.86. The molecule has 1 aromatic carbocycles. The van der Waals surface area contributed by atoms with E-state index >= 15 is 0 Å². The lowest BCUT2D eigenvalue weighted by molar-refractivity contribution is 0.566. The first kappa shape index (κ1) is 15.1. The molecular weight excluding hydrogens is 271 g/mol. The summed E-state index contributed by atoms with van der Waals surface area (Å²) < 4.78 is 13.2. The zero-order valence-electron chi connectivity index (χ0n) is 12.2. The smallest absolute Gasteiger partial charge is 0.123 e. The fraction of sp³-hybridized carbons (Fsp3) is 0.438. The van der Waals surface area contributed by atoms with Crippen LogP contribution in [0.4, 0.5) is 4.39 Å². The summed E-state index contributed by atoms with van der Waals surface area (Å²) in [5.41, 5.74) is 7.99. The second-order valence-electron chi connectivity index (χ2n) is 6.09. The van der Waals surface area contributed by atoms with Crippen LogP contribution >= 0.6 is 11.3 Å². The van der Waals surface area contributed by atoms with Gasteiger partial charge in [0.2, 0.25) is 0 Å². The fourth-order valence-corrected chi connectivity index (χ4v) is 3.20. The van der Waals surface area contributed by atoms with E-state index in [1.807, 2.05) is 6.07 Å². The lowest BCUT2D eigenvalue weighted by Gasteiger charge is -2.15. The first-order valence-electron chi connectivity index (χ1n) is 6.80. The summed E-state index contributed by atoms with van der Waals surface area (Å²) in [4.78, 5) is 4.72. The van der Waals surface area contributed by atoms with Gasteiger partial charge < -0.3 is 5.73 Å². The summed E-state index contributed by atoms with van der Waals surface area (Å²) in [5, 5.41) is 3.14. The molecule has 20 heavy (non-hydrogen) atoms. The van der Waals surface area contributed by atoms with Gasteiger partial charge in [0, 0.05) is 23.3 Å². The van der Waals surface area contributed by atoms with Crippen molar-refractivity contribution in [1.29, 1.82) is 0 Å². The molecule has 4 heteroatoms. The number of hydrogen-bond donors (Lipinski definition) is 1. The molecule has 0 fully saturated rings. The Bertz CT molecular complexity index is 572. The Kier molecular flexibility index (Phi) is 4.55. The van der Waals surface area contributed by atoms with E-state index in [9.17, 15) is 4.39 Å². The summed E-state index contributed by atoms with van der Waals surface area (Å²) >= 11 is 1.65. The maximum absolute atomic E-state index is 13.2. The molecule has 108 valence electrons. The molecule has 0 saturated heterocycles. The average Bonchev–Trinajstić information content (AvgIpc) is 2.85. The van der Waals surface area contributed by atoms with Gasteiger partial charge in [0.1, 0.15) is 5.82 Å². The van der Waals surface area contributed by atoms with Gasteiger partial charge in [-0.2, -0.15) is 0 Å². The molecule has 0 aliphatic heterocycles. The molecule has 0 radical (unpaired) electrons. The Morgan fingerprint density at radius 3 is 2.65 bits per heavy atom. The molecule has 0 saturated carbocycles. The Morgan fingerprint density at radius 2 is 2.10 bits per heavy atom. The molecule has 2 aromatic rings. The van der Waals surface area contributed by atoms with E-state index < -0.39 is 0 Å². The fourth-order valence-electron chi connectivity index (χ4n) is 2.04. The largest absolute Gasteiger partial charge is 0.330 e. The van der Waals surface area contributed by atoms with Crippen molar-refractivity contribution in [3.63, 3.8) is 0 Å². The van der Waals surface area contributed by atoms with Crippen LogP contribution in [-0.4, -0.2) is 11.5 Å². The van der Waals surface area contributed by atoms with E-state index in [-0.39, 0.29) is 17.2 Å². The number of thiazole rings is 1. The zero-order chi connectivity index (χ0) is 14.8. The second kappa shape index (κ2) is 6.02. The highest BCUT2D eigenvalue weighted by atomic mass is 32.1. The van der Waals surface area contributed by atoms with Crippen LogP contribution < -0.4 is 5.73 Å². The molecule has 0 spiro atoms. The molecular formula is C16H21FN2S. The molecule has 1 unspecified atom stereocenters. The summed E-state index contributed by atoms with van der Waals surface area (Å²) in [6, 6.07) is 6.70. The number of halogens is 1. The van der Waals surface area contributed by atoms with Crippen LogP contribution in [0, 0.1) is 5.82 Å². The summed E-state index contributed by atoms with van der Waals surface area (Å²) in [7, 11) is 0. The zero-order valence-corrected chi connectivity index (χ0v) is 13.0. The van der Waals surface area contributed by atoms with Crippen LogP contribution in [0.3, 0.4) is 0 Å². The average molecular weight is 292 g/mol. The van der Waals surface area contributed by atoms with Crippen LogP contribution in [-0.2, 0) is 11.8 Å². The Hall–Kier alpha value is -1.26. The molecule has 2 N–H and O–H groups in total. The third-order valence-electron chi connectivity index (χ3n) is 3.30. The van der Waals surface area contributed by atoms with Crippen LogP contribution in [0.25, 0.3) is 0 Å². The van der Waals surface area contributed by atoms with Gasteiger partial charge in [0.05, 0.1) is 10.7 Å². The van der Waals surface area contributed by atoms with E-state index in [1.54, 1.807) is 23.5 Å². The third-order valence-corrected chi connectivity index (χ3v) is 4.30. The number of rotatable bonds is 4. The highest BCUT2D eigenvalue weighted by molar-refractivity contribution is 7.09. The van der Waals surface area contributed by atoms with Crippen molar-refractivity contribution in [1.82, 2.24) is 4.98 Å². The van der Waals surface area contributed by atoms with Gasteiger partial charge in [-0.25, -0.2) is 9.37 Å². The lowest BCUT2D eigenvalue weighted by atomic mass is 9.93. The minimum Gasteiger partial charge on any atom is -0.330 e. The Labute approximate surface area is 123 Å². The van der Waals surface area contributed by atoms with Gasteiger partial charge in [-0.05, 0) is 24.1 Å². The number of nitrogens with zero attached hydrogens (tertiary/aromatic N) is 1.